The van der Waals surface area contributed by atoms with Crippen LogP contribution in [0.1, 0.15) is 27.8 Å². The van der Waals surface area contributed by atoms with E-state index in [0.29, 0.717) is 17.7 Å². The number of hydrogen-bond donors (Lipinski definition) is 0. The molecule has 1 aliphatic rings. The van der Waals surface area contributed by atoms with E-state index in [9.17, 15) is 4.79 Å². The van der Waals surface area contributed by atoms with Crippen LogP contribution in [0.25, 0.3) is 0 Å². The van der Waals surface area contributed by atoms with Gasteiger partial charge in [-0.05, 0) is 41.1 Å². The van der Waals surface area contributed by atoms with Crippen LogP contribution in [0.2, 0.25) is 0 Å². The third-order valence-electron chi connectivity index (χ3n) is 4.17. The van der Waals surface area contributed by atoms with Crippen LogP contribution in [0.15, 0.2) is 64.4 Å². The van der Waals surface area contributed by atoms with Crippen molar-refractivity contribution in [2.75, 3.05) is 6.61 Å². The van der Waals surface area contributed by atoms with Gasteiger partial charge in [-0.25, -0.2) is 5.01 Å². The van der Waals surface area contributed by atoms with E-state index in [1.54, 1.807) is 46.9 Å². The summed E-state index contributed by atoms with van der Waals surface area (Å²) >= 11 is 3.24. The molecule has 5 nitrogen and oxygen atoms in total. The second-order valence-corrected chi connectivity index (χ2v) is 7.85. The lowest BCUT2D eigenvalue weighted by Gasteiger charge is -2.20. The van der Waals surface area contributed by atoms with Crippen molar-refractivity contribution in [1.29, 1.82) is 5.26 Å². The zero-order valence-corrected chi connectivity index (χ0v) is 15.9. The van der Waals surface area contributed by atoms with Gasteiger partial charge in [-0.15, -0.1) is 22.7 Å². The standard InChI is InChI=1S/C20H15N3O2S2/c21-12-14-4-1-5-15(10-14)25-13-20(24)23-17(19-7-3-9-27-19)11-16(22-23)18-6-2-8-26-18/h1-10,17H,11,13H2/t17-/m1/s1. The summed E-state index contributed by atoms with van der Waals surface area (Å²) in [5.41, 5.74) is 1.42. The Morgan fingerprint density at radius 2 is 2.07 bits per heavy atom. The van der Waals surface area contributed by atoms with Crippen molar-refractivity contribution in [3.63, 3.8) is 0 Å². The van der Waals surface area contributed by atoms with Crippen LogP contribution in [0, 0.1) is 11.3 Å². The fourth-order valence-corrected chi connectivity index (χ4v) is 4.43. The summed E-state index contributed by atoms with van der Waals surface area (Å²) in [7, 11) is 0. The second-order valence-electron chi connectivity index (χ2n) is 5.93. The number of benzene rings is 1. The number of carbonyl (C=O) groups is 1. The molecule has 134 valence electrons. The molecular formula is C20H15N3O2S2. The monoisotopic (exact) mass is 393 g/mol. The Balaban J connectivity index is 1.52. The summed E-state index contributed by atoms with van der Waals surface area (Å²) in [6.07, 6.45) is 0.691. The molecule has 0 fully saturated rings. The largest absolute Gasteiger partial charge is 0.484 e. The molecule has 1 aliphatic heterocycles. The van der Waals surface area contributed by atoms with Crippen molar-refractivity contribution >= 4 is 34.3 Å². The number of carbonyl (C=O) groups excluding carboxylic acids is 1. The third-order valence-corrected chi connectivity index (χ3v) is 6.06. The molecule has 0 saturated heterocycles. The fraction of sp³-hybridized carbons (Fsp3) is 0.150. The van der Waals surface area contributed by atoms with Crippen LogP contribution in [-0.4, -0.2) is 23.2 Å². The van der Waals surface area contributed by atoms with Crippen molar-refractivity contribution in [3.8, 4) is 11.8 Å². The van der Waals surface area contributed by atoms with Gasteiger partial charge in [0, 0.05) is 11.3 Å². The molecular weight excluding hydrogens is 378 g/mol. The number of hydrogen-bond acceptors (Lipinski definition) is 6. The average molecular weight is 393 g/mol. The zero-order chi connectivity index (χ0) is 18.6. The smallest absolute Gasteiger partial charge is 0.281 e. The molecule has 1 atom stereocenters. The minimum Gasteiger partial charge on any atom is -0.484 e. The van der Waals surface area contributed by atoms with Crippen molar-refractivity contribution in [3.05, 3.63) is 74.6 Å². The summed E-state index contributed by atoms with van der Waals surface area (Å²) in [6, 6.07) is 16.7. The molecule has 0 radical (unpaired) electrons. The van der Waals surface area contributed by atoms with E-state index in [0.717, 1.165) is 15.5 Å². The number of nitriles is 1. The quantitative estimate of drug-likeness (QED) is 0.644. The van der Waals surface area contributed by atoms with Crippen LogP contribution in [0.4, 0.5) is 0 Å². The average Bonchev–Trinajstić information content (AvgIpc) is 3.46. The molecule has 27 heavy (non-hydrogen) atoms. The first kappa shape index (κ1) is 17.5. The SMILES string of the molecule is N#Cc1cccc(OCC(=O)N2N=C(c3cccs3)C[C@@H]2c2cccs2)c1. The molecule has 3 heterocycles. The predicted octanol–water partition coefficient (Wildman–Crippen LogP) is 4.44. The van der Waals surface area contributed by atoms with Gasteiger partial charge in [0.05, 0.1) is 28.3 Å². The summed E-state index contributed by atoms with van der Waals surface area (Å²) < 4.78 is 5.61. The number of amides is 1. The minimum atomic E-state index is -0.206. The maximum Gasteiger partial charge on any atom is 0.281 e. The number of ether oxygens (including phenoxy) is 1. The van der Waals surface area contributed by atoms with Gasteiger partial charge in [0.25, 0.3) is 5.91 Å². The molecule has 1 amide bonds. The Hall–Kier alpha value is -2.95. The molecule has 1 aromatic carbocycles. The van der Waals surface area contributed by atoms with Gasteiger partial charge in [0.1, 0.15) is 5.75 Å². The first-order chi connectivity index (χ1) is 13.2. The molecule has 2 aromatic heterocycles. The topological polar surface area (TPSA) is 65.7 Å². The van der Waals surface area contributed by atoms with Crippen LogP contribution >= 0.6 is 22.7 Å². The van der Waals surface area contributed by atoms with Gasteiger partial charge in [-0.2, -0.15) is 10.4 Å². The maximum atomic E-state index is 12.8. The Morgan fingerprint density at radius 1 is 1.22 bits per heavy atom. The maximum absolute atomic E-state index is 12.8. The Labute approximate surface area is 164 Å². The van der Waals surface area contributed by atoms with E-state index in [-0.39, 0.29) is 18.6 Å². The lowest BCUT2D eigenvalue weighted by molar-refractivity contribution is -0.135. The van der Waals surface area contributed by atoms with Gasteiger partial charge in [-0.3, -0.25) is 4.79 Å². The minimum absolute atomic E-state index is 0.108. The van der Waals surface area contributed by atoms with E-state index >= 15 is 0 Å². The van der Waals surface area contributed by atoms with Gasteiger partial charge in [0.15, 0.2) is 6.61 Å². The van der Waals surface area contributed by atoms with Crippen molar-refractivity contribution < 1.29 is 9.53 Å². The first-order valence-corrected chi connectivity index (χ1v) is 10.1. The normalized spacial score (nSPS) is 16.0. The van der Waals surface area contributed by atoms with E-state index in [1.165, 1.54) is 5.01 Å². The second kappa shape index (κ2) is 7.74. The molecule has 0 unspecified atom stereocenters. The van der Waals surface area contributed by atoms with E-state index in [1.807, 2.05) is 35.0 Å². The van der Waals surface area contributed by atoms with E-state index < -0.39 is 0 Å². The highest BCUT2D eigenvalue weighted by Crippen LogP contribution is 2.35. The highest BCUT2D eigenvalue weighted by molar-refractivity contribution is 7.12. The van der Waals surface area contributed by atoms with Crippen molar-refractivity contribution in [1.82, 2.24) is 5.01 Å². The van der Waals surface area contributed by atoms with Gasteiger partial charge in [0.2, 0.25) is 0 Å². The molecule has 0 spiro atoms. The van der Waals surface area contributed by atoms with Crippen LogP contribution < -0.4 is 4.74 Å². The van der Waals surface area contributed by atoms with Gasteiger partial charge in [-0.1, -0.05) is 18.2 Å². The summed E-state index contributed by atoms with van der Waals surface area (Å²) in [4.78, 5) is 15.0. The highest BCUT2D eigenvalue weighted by Gasteiger charge is 2.34. The molecule has 4 rings (SSSR count). The van der Waals surface area contributed by atoms with E-state index in [4.69, 9.17) is 10.00 Å². The Kier molecular flexibility index (Phi) is 5.01. The lowest BCUT2D eigenvalue weighted by Crippen LogP contribution is -2.31. The van der Waals surface area contributed by atoms with Crippen molar-refractivity contribution in [2.24, 2.45) is 5.10 Å². The number of nitrogens with zero attached hydrogens (tertiary/aromatic N) is 3. The van der Waals surface area contributed by atoms with Crippen molar-refractivity contribution in [2.45, 2.75) is 12.5 Å². The molecule has 0 saturated carbocycles. The Bertz CT molecular complexity index is 1000. The number of rotatable bonds is 5. The highest BCUT2D eigenvalue weighted by atomic mass is 32.1. The molecule has 0 N–H and O–H groups in total. The zero-order valence-electron chi connectivity index (χ0n) is 14.2. The summed E-state index contributed by atoms with van der Waals surface area (Å²) in [5, 5.41) is 19.1. The van der Waals surface area contributed by atoms with E-state index in [2.05, 4.69) is 11.2 Å². The Morgan fingerprint density at radius 3 is 2.81 bits per heavy atom. The lowest BCUT2D eigenvalue weighted by atomic mass is 10.1. The summed E-state index contributed by atoms with van der Waals surface area (Å²) in [6.45, 7) is -0.127. The third kappa shape index (κ3) is 3.77. The van der Waals surface area contributed by atoms with Crippen LogP contribution in [-0.2, 0) is 4.79 Å². The molecule has 7 heteroatoms. The predicted molar refractivity (Wildman–Crippen MR) is 106 cm³/mol. The van der Waals surface area contributed by atoms with Crippen LogP contribution in [0.3, 0.4) is 0 Å². The van der Waals surface area contributed by atoms with Gasteiger partial charge < -0.3 is 4.74 Å². The fourth-order valence-electron chi connectivity index (χ4n) is 2.90. The van der Waals surface area contributed by atoms with Gasteiger partial charge >= 0.3 is 0 Å². The first-order valence-electron chi connectivity index (χ1n) is 8.34. The van der Waals surface area contributed by atoms with Crippen LogP contribution in [0.5, 0.6) is 5.75 Å². The molecule has 3 aromatic rings. The number of thiophene rings is 2. The molecule has 0 aliphatic carbocycles. The molecule has 0 bridgehead atoms. The number of hydrazone groups is 1. The summed E-state index contributed by atoms with van der Waals surface area (Å²) in [5.74, 6) is 0.291.